The van der Waals surface area contributed by atoms with Gasteiger partial charge in [-0.2, -0.15) is 0 Å². The molecule has 0 saturated carbocycles. The van der Waals surface area contributed by atoms with Gasteiger partial charge in [0.05, 0.1) is 4.91 Å². The van der Waals surface area contributed by atoms with Crippen LogP contribution in [0.5, 0.6) is 0 Å². The van der Waals surface area contributed by atoms with Gasteiger partial charge in [-0.05, 0) is 49.4 Å². The third-order valence-electron chi connectivity index (χ3n) is 2.75. The van der Waals surface area contributed by atoms with Crippen LogP contribution in [0.4, 0.5) is 0 Å². The van der Waals surface area contributed by atoms with Crippen molar-refractivity contribution < 1.29 is 4.79 Å². The smallest absolute Gasteiger partial charge is 0.266 e. The fourth-order valence-electron chi connectivity index (χ4n) is 1.80. The van der Waals surface area contributed by atoms with Gasteiger partial charge in [0.1, 0.15) is 0 Å². The highest BCUT2D eigenvalue weighted by molar-refractivity contribution is 8.18. The number of aliphatic imine (C=N–C) groups is 1. The molecule has 1 fully saturated rings. The maximum atomic E-state index is 12.3. The summed E-state index contributed by atoms with van der Waals surface area (Å²) in [6, 6.07) is 5.22. The predicted molar refractivity (Wildman–Crippen MR) is 87.4 cm³/mol. The van der Waals surface area contributed by atoms with Crippen molar-refractivity contribution in [1.29, 1.82) is 0 Å². The van der Waals surface area contributed by atoms with E-state index in [4.69, 9.17) is 23.2 Å². The molecule has 0 aliphatic carbocycles. The van der Waals surface area contributed by atoms with Crippen molar-refractivity contribution in [2.45, 2.75) is 13.8 Å². The Morgan fingerprint density at radius 1 is 1.35 bits per heavy atom. The van der Waals surface area contributed by atoms with E-state index in [0.29, 0.717) is 28.0 Å². The fourth-order valence-corrected chi connectivity index (χ4v) is 3.36. The van der Waals surface area contributed by atoms with Crippen molar-refractivity contribution in [3.05, 3.63) is 38.7 Å². The molecule has 0 radical (unpaired) electrons. The summed E-state index contributed by atoms with van der Waals surface area (Å²) in [5.74, 6) is -0.0317. The van der Waals surface area contributed by atoms with E-state index in [1.54, 1.807) is 29.2 Å². The van der Waals surface area contributed by atoms with Gasteiger partial charge in [0.15, 0.2) is 5.17 Å². The van der Waals surface area contributed by atoms with Crippen LogP contribution in [0.15, 0.2) is 28.1 Å². The summed E-state index contributed by atoms with van der Waals surface area (Å²) in [5.41, 5.74) is 0.778. The first-order chi connectivity index (χ1) is 9.56. The maximum absolute atomic E-state index is 12.3. The number of thioether (sulfide) groups is 1. The average Bonchev–Trinajstić information content (AvgIpc) is 2.69. The van der Waals surface area contributed by atoms with E-state index in [1.807, 2.05) is 13.8 Å². The monoisotopic (exact) mass is 328 g/mol. The van der Waals surface area contributed by atoms with Crippen molar-refractivity contribution in [3.63, 3.8) is 0 Å². The lowest BCUT2D eigenvalue weighted by molar-refractivity contribution is -0.122. The molecule has 1 aromatic rings. The Bertz CT molecular complexity index is 599. The van der Waals surface area contributed by atoms with Crippen LogP contribution in [-0.2, 0) is 4.79 Å². The van der Waals surface area contributed by atoms with Gasteiger partial charge in [-0.1, -0.05) is 29.3 Å². The van der Waals surface area contributed by atoms with Crippen molar-refractivity contribution in [1.82, 2.24) is 4.90 Å². The SMILES string of the molecule is CCN=C1SC(=Cc2ccc(Cl)cc2Cl)C(=O)N1CC. The quantitative estimate of drug-likeness (QED) is 0.774. The number of carbonyl (C=O) groups excluding carboxylic acids is 1. The van der Waals surface area contributed by atoms with E-state index in [1.165, 1.54) is 11.8 Å². The number of carbonyl (C=O) groups is 1. The molecule has 1 aliphatic heterocycles. The Labute approximate surface area is 132 Å². The van der Waals surface area contributed by atoms with Gasteiger partial charge in [0.2, 0.25) is 0 Å². The Kier molecular flexibility index (Phi) is 5.13. The summed E-state index contributed by atoms with van der Waals surface area (Å²) < 4.78 is 0. The third-order valence-corrected chi connectivity index (χ3v) is 4.35. The van der Waals surface area contributed by atoms with Gasteiger partial charge in [-0.15, -0.1) is 0 Å². The van der Waals surface area contributed by atoms with Crippen LogP contribution in [0, 0.1) is 0 Å². The summed E-state index contributed by atoms with van der Waals surface area (Å²) in [5, 5.41) is 1.85. The lowest BCUT2D eigenvalue weighted by atomic mass is 10.2. The number of benzene rings is 1. The van der Waals surface area contributed by atoms with Crippen LogP contribution < -0.4 is 0 Å². The van der Waals surface area contributed by atoms with Crippen molar-refractivity contribution in [2.75, 3.05) is 13.1 Å². The highest BCUT2D eigenvalue weighted by Crippen LogP contribution is 2.34. The molecule has 0 aromatic heterocycles. The van der Waals surface area contributed by atoms with Gasteiger partial charge in [-0.3, -0.25) is 14.7 Å². The predicted octanol–water partition coefficient (Wildman–Crippen LogP) is 4.31. The largest absolute Gasteiger partial charge is 0.287 e. The zero-order valence-electron chi connectivity index (χ0n) is 11.2. The van der Waals surface area contributed by atoms with Crippen LogP contribution in [0.1, 0.15) is 19.4 Å². The molecule has 0 bridgehead atoms. The lowest BCUT2D eigenvalue weighted by Gasteiger charge is -2.11. The minimum atomic E-state index is -0.0317. The van der Waals surface area contributed by atoms with Gasteiger partial charge >= 0.3 is 0 Å². The molecular weight excluding hydrogens is 315 g/mol. The first-order valence-electron chi connectivity index (χ1n) is 6.27. The number of likely N-dealkylation sites (N-methyl/N-ethyl adjacent to an activating group) is 1. The highest BCUT2D eigenvalue weighted by atomic mass is 35.5. The first-order valence-corrected chi connectivity index (χ1v) is 7.85. The standard InChI is InChI=1S/C14H14Cl2N2OS/c1-3-17-14-18(4-2)13(19)12(20-14)7-9-5-6-10(15)8-11(9)16/h5-8H,3-4H2,1-2H3. The van der Waals surface area contributed by atoms with E-state index in [-0.39, 0.29) is 5.91 Å². The molecule has 1 amide bonds. The molecule has 1 heterocycles. The van der Waals surface area contributed by atoms with Crippen molar-refractivity contribution in [2.24, 2.45) is 4.99 Å². The van der Waals surface area contributed by atoms with E-state index in [9.17, 15) is 4.79 Å². The third kappa shape index (κ3) is 3.19. The van der Waals surface area contributed by atoms with Gasteiger partial charge < -0.3 is 0 Å². The molecule has 6 heteroatoms. The van der Waals surface area contributed by atoms with Crippen LogP contribution in [0.25, 0.3) is 6.08 Å². The molecular formula is C14H14Cl2N2OS. The first kappa shape index (κ1) is 15.4. The molecule has 20 heavy (non-hydrogen) atoms. The van der Waals surface area contributed by atoms with E-state index >= 15 is 0 Å². The Hall–Kier alpha value is -0.970. The average molecular weight is 329 g/mol. The summed E-state index contributed by atoms with van der Waals surface area (Å²) in [4.78, 5) is 18.9. The number of amides is 1. The normalized spacial score (nSPS) is 19.4. The Morgan fingerprint density at radius 2 is 2.10 bits per heavy atom. The number of amidine groups is 1. The number of rotatable bonds is 3. The minimum Gasteiger partial charge on any atom is -0.287 e. The van der Waals surface area contributed by atoms with Gasteiger partial charge in [0, 0.05) is 23.1 Å². The zero-order chi connectivity index (χ0) is 14.7. The second-order valence-corrected chi connectivity index (χ2v) is 5.94. The van der Waals surface area contributed by atoms with Crippen LogP contribution in [-0.4, -0.2) is 29.1 Å². The molecule has 1 aliphatic rings. The van der Waals surface area contributed by atoms with E-state index < -0.39 is 0 Å². The summed E-state index contributed by atoms with van der Waals surface area (Å²) in [7, 11) is 0. The van der Waals surface area contributed by atoms with Crippen molar-refractivity contribution >= 4 is 52.1 Å². The highest BCUT2D eigenvalue weighted by Gasteiger charge is 2.31. The van der Waals surface area contributed by atoms with Crippen LogP contribution >= 0.6 is 35.0 Å². The van der Waals surface area contributed by atoms with E-state index in [2.05, 4.69) is 4.99 Å². The van der Waals surface area contributed by atoms with Crippen molar-refractivity contribution in [3.8, 4) is 0 Å². The summed E-state index contributed by atoms with van der Waals surface area (Å²) in [6.07, 6.45) is 1.78. The lowest BCUT2D eigenvalue weighted by Crippen LogP contribution is -2.28. The van der Waals surface area contributed by atoms with E-state index in [0.717, 1.165) is 10.7 Å². The molecule has 0 unspecified atom stereocenters. The minimum absolute atomic E-state index is 0.0317. The topological polar surface area (TPSA) is 32.7 Å². The Balaban J connectivity index is 2.35. The maximum Gasteiger partial charge on any atom is 0.266 e. The Morgan fingerprint density at radius 3 is 2.70 bits per heavy atom. The number of halogens is 2. The molecule has 106 valence electrons. The molecule has 2 rings (SSSR count). The molecule has 0 N–H and O–H groups in total. The van der Waals surface area contributed by atoms with Crippen LogP contribution in [0.3, 0.4) is 0 Å². The molecule has 0 spiro atoms. The number of hydrogen-bond acceptors (Lipinski definition) is 3. The summed E-state index contributed by atoms with van der Waals surface area (Å²) >= 11 is 13.4. The second kappa shape index (κ2) is 6.66. The van der Waals surface area contributed by atoms with Gasteiger partial charge in [-0.25, -0.2) is 0 Å². The molecule has 1 aromatic carbocycles. The molecule has 3 nitrogen and oxygen atoms in total. The molecule has 0 atom stereocenters. The van der Waals surface area contributed by atoms with Gasteiger partial charge in [0.25, 0.3) is 5.91 Å². The molecule has 1 saturated heterocycles. The fraction of sp³-hybridized carbons (Fsp3) is 0.286. The summed E-state index contributed by atoms with van der Waals surface area (Å²) in [6.45, 7) is 5.14. The number of nitrogens with zero attached hydrogens (tertiary/aromatic N) is 2. The van der Waals surface area contributed by atoms with Crippen LogP contribution in [0.2, 0.25) is 10.0 Å². The second-order valence-electron chi connectivity index (χ2n) is 4.08. The zero-order valence-corrected chi connectivity index (χ0v) is 13.5. The number of hydrogen-bond donors (Lipinski definition) is 0.